The number of amides is 3. The molecule has 1 atom stereocenters. The Hall–Kier alpha value is -2.46. The van der Waals surface area contributed by atoms with Crippen molar-refractivity contribution in [1.82, 2.24) is 14.9 Å². The number of nitrogens with one attached hydrogen (secondary N) is 2. The third-order valence-corrected chi connectivity index (χ3v) is 6.50. The Morgan fingerprint density at radius 3 is 2.25 bits per heavy atom. The van der Waals surface area contributed by atoms with E-state index in [2.05, 4.69) is 12.2 Å². The molecule has 0 unspecified atom stereocenters. The number of carbonyl (C=O) groups excluding carboxylic acids is 3. The van der Waals surface area contributed by atoms with E-state index < -0.39 is 34.0 Å². The topological polar surface area (TPSA) is 122 Å². The minimum Gasteiger partial charge on any atom is -0.449 e. The highest BCUT2D eigenvalue weighted by Crippen LogP contribution is 2.23. The molecule has 0 bridgehead atoms. The second kappa shape index (κ2) is 9.16. The van der Waals surface area contributed by atoms with Crippen molar-refractivity contribution in [1.29, 1.82) is 0 Å². The molecule has 154 valence electrons. The van der Waals surface area contributed by atoms with E-state index in [9.17, 15) is 22.8 Å². The molecule has 0 radical (unpaired) electrons. The first-order valence-corrected chi connectivity index (χ1v) is 10.4. The summed E-state index contributed by atoms with van der Waals surface area (Å²) in [4.78, 5) is 35.1. The van der Waals surface area contributed by atoms with Gasteiger partial charge in [-0.15, -0.1) is 0 Å². The van der Waals surface area contributed by atoms with Crippen molar-refractivity contribution in [2.75, 3.05) is 20.1 Å². The summed E-state index contributed by atoms with van der Waals surface area (Å²) in [6.07, 6.45) is 0.447. The molecule has 0 saturated carbocycles. The number of carbonyl (C=O) groups is 3. The van der Waals surface area contributed by atoms with Crippen LogP contribution in [0.5, 0.6) is 0 Å². The predicted molar refractivity (Wildman–Crippen MR) is 101 cm³/mol. The van der Waals surface area contributed by atoms with Crippen LogP contribution < -0.4 is 10.6 Å². The van der Waals surface area contributed by atoms with Crippen LogP contribution >= 0.6 is 0 Å². The van der Waals surface area contributed by atoms with Crippen molar-refractivity contribution in [3.05, 3.63) is 29.8 Å². The number of piperidine rings is 1. The molecule has 1 fully saturated rings. The summed E-state index contributed by atoms with van der Waals surface area (Å²) < 4.78 is 31.8. The second-order valence-corrected chi connectivity index (χ2v) is 8.66. The van der Waals surface area contributed by atoms with Crippen LogP contribution in [-0.4, -0.2) is 56.9 Å². The van der Waals surface area contributed by atoms with Crippen molar-refractivity contribution >= 4 is 27.9 Å². The molecule has 9 nitrogen and oxygen atoms in total. The number of nitrogens with zero attached hydrogens (tertiary/aromatic N) is 1. The standard InChI is InChI=1S/C18H25N3O6S/c1-12-8-10-21(11-9-12)28(25,26)15-6-4-14(5-7-15)17(23)27-13(2)16(22)20-18(24)19-3/h4-7,12-13H,8-11H2,1-3H3,(H2,19,20,22,24)/t13-/m1/s1. The average Bonchev–Trinajstić information content (AvgIpc) is 2.68. The van der Waals surface area contributed by atoms with E-state index in [1.54, 1.807) is 0 Å². The maximum absolute atomic E-state index is 12.7. The van der Waals surface area contributed by atoms with Gasteiger partial charge in [0.15, 0.2) is 6.10 Å². The maximum atomic E-state index is 12.7. The first-order chi connectivity index (χ1) is 13.1. The van der Waals surface area contributed by atoms with Crippen molar-refractivity contribution in [2.45, 2.75) is 37.7 Å². The summed E-state index contributed by atoms with van der Waals surface area (Å²) in [5.41, 5.74) is 0.103. The number of esters is 1. The Labute approximate surface area is 164 Å². The quantitative estimate of drug-likeness (QED) is 0.700. The lowest BCUT2D eigenvalue weighted by atomic mass is 10.0. The van der Waals surface area contributed by atoms with Gasteiger partial charge in [0.05, 0.1) is 10.5 Å². The highest BCUT2D eigenvalue weighted by molar-refractivity contribution is 7.89. The molecule has 2 N–H and O–H groups in total. The van der Waals surface area contributed by atoms with Gasteiger partial charge in [-0.2, -0.15) is 4.31 Å². The van der Waals surface area contributed by atoms with Crippen molar-refractivity contribution in [3.8, 4) is 0 Å². The summed E-state index contributed by atoms with van der Waals surface area (Å²) >= 11 is 0. The zero-order chi connectivity index (χ0) is 20.9. The smallest absolute Gasteiger partial charge is 0.338 e. The first-order valence-electron chi connectivity index (χ1n) is 8.99. The number of benzene rings is 1. The van der Waals surface area contributed by atoms with E-state index >= 15 is 0 Å². The van der Waals surface area contributed by atoms with Crippen LogP contribution in [-0.2, 0) is 19.6 Å². The molecular weight excluding hydrogens is 386 g/mol. The number of hydrogen-bond acceptors (Lipinski definition) is 6. The van der Waals surface area contributed by atoms with Gasteiger partial charge in [-0.05, 0) is 49.9 Å². The molecule has 0 aliphatic carbocycles. The van der Waals surface area contributed by atoms with Crippen LogP contribution in [0.15, 0.2) is 29.2 Å². The number of rotatable bonds is 5. The van der Waals surface area contributed by atoms with Crippen LogP contribution in [0.3, 0.4) is 0 Å². The van der Waals surface area contributed by atoms with E-state index in [0.717, 1.165) is 12.8 Å². The molecule has 0 spiro atoms. The molecule has 0 aromatic heterocycles. The molecule has 1 aromatic rings. The second-order valence-electron chi connectivity index (χ2n) is 6.73. The zero-order valence-electron chi connectivity index (χ0n) is 16.1. The van der Waals surface area contributed by atoms with Gasteiger partial charge in [0.25, 0.3) is 5.91 Å². The Morgan fingerprint density at radius 2 is 1.71 bits per heavy atom. The van der Waals surface area contributed by atoms with Crippen molar-refractivity contribution < 1.29 is 27.5 Å². The lowest BCUT2D eigenvalue weighted by Gasteiger charge is -2.29. The van der Waals surface area contributed by atoms with Crippen LogP contribution in [0.2, 0.25) is 0 Å². The molecule has 1 heterocycles. The fraction of sp³-hybridized carbons (Fsp3) is 0.500. The lowest BCUT2D eigenvalue weighted by Crippen LogP contribution is -2.43. The highest BCUT2D eigenvalue weighted by Gasteiger charge is 2.28. The molecule has 1 aliphatic rings. The number of imide groups is 1. The Kier molecular flexibility index (Phi) is 7.14. The number of sulfonamides is 1. The van der Waals surface area contributed by atoms with E-state index in [0.29, 0.717) is 19.0 Å². The molecule has 1 aliphatic heterocycles. The third kappa shape index (κ3) is 5.29. The summed E-state index contributed by atoms with van der Waals surface area (Å²) in [5.74, 6) is -1.06. The normalized spacial score (nSPS) is 16.8. The molecular formula is C18H25N3O6S. The highest BCUT2D eigenvalue weighted by atomic mass is 32.2. The van der Waals surface area contributed by atoms with E-state index in [4.69, 9.17) is 4.74 Å². The Balaban J connectivity index is 2.02. The molecule has 1 saturated heterocycles. The third-order valence-electron chi connectivity index (χ3n) is 4.59. The van der Waals surface area contributed by atoms with Gasteiger partial charge in [0, 0.05) is 20.1 Å². The predicted octanol–water partition coefficient (Wildman–Crippen LogP) is 1.11. The summed E-state index contributed by atoms with van der Waals surface area (Å²) in [7, 11) is -2.26. The van der Waals surface area contributed by atoms with Gasteiger partial charge >= 0.3 is 12.0 Å². The van der Waals surface area contributed by atoms with Crippen molar-refractivity contribution in [2.24, 2.45) is 5.92 Å². The monoisotopic (exact) mass is 411 g/mol. The Morgan fingerprint density at radius 1 is 1.14 bits per heavy atom. The van der Waals surface area contributed by atoms with Crippen LogP contribution in [0.1, 0.15) is 37.0 Å². The molecule has 2 rings (SSSR count). The van der Waals surface area contributed by atoms with Gasteiger partial charge in [-0.25, -0.2) is 18.0 Å². The van der Waals surface area contributed by atoms with Gasteiger partial charge in [0.1, 0.15) is 0 Å². The summed E-state index contributed by atoms with van der Waals surface area (Å²) in [6, 6.07) is 4.66. The molecule has 1 aromatic carbocycles. The van der Waals surface area contributed by atoms with Crippen molar-refractivity contribution in [3.63, 3.8) is 0 Å². The van der Waals surface area contributed by atoms with Gasteiger partial charge in [0.2, 0.25) is 10.0 Å². The SMILES string of the molecule is CNC(=O)NC(=O)[C@@H](C)OC(=O)c1ccc(S(=O)(=O)N2CCC(C)CC2)cc1. The van der Waals surface area contributed by atoms with E-state index in [-0.39, 0.29) is 10.5 Å². The lowest BCUT2D eigenvalue weighted by molar-refractivity contribution is -0.127. The fourth-order valence-electron chi connectivity index (χ4n) is 2.70. The van der Waals surface area contributed by atoms with Gasteiger partial charge in [-0.3, -0.25) is 10.1 Å². The minimum absolute atomic E-state index is 0.101. The fourth-order valence-corrected chi connectivity index (χ4v) is 4.17. The Bertz CT molecular complexity index is 829. The van der Waals surface area contributed by atoms with Crippen LogP contribution in [0.25, 0.3) is 0 Å². The summed E-state index contributed by atoms with van der Waals surface area (Å²) in [6.45, 7) is 4.38. The van der Waals surface area contributed by atoms with E-state index in [1.165, 1.54) is 42.5 Å². The van der Waals surface area contributed by atoms with Crippen LogP contribution in [0.4, 0.5) is 4.79 Å². The summed E-state index contributed by atoms with van der Waals surface area (Å²) in [5, 5.41) is 4.22. The van der Waals surface area contributed by atoms with Crippen LogP contribution in [0, 0.1) is 5.92 Å². The van der Waals surface area contributed by atoms with Gasteiger partial charge in [-0.1, -0.05) is 6.92 Å². The molecule has 10 heteroatoms. The molecule has 28 heavy (non-hydrogen) atoms. The maximum Gasteiger partial charge on any atom is 0.338 e. The number of ether oxygens (including phenoxy) is 1. The van der Waals surface area contributed by atoms with Gasteiger partial charge < -0.3 is 10.1 Å². The minimum atomic E-state index is -3.61. The number of hydrogen-bond donors (Lipinski definition) is 2. The molecule has 3 amide bonds. The van der Waals surface area contributed by atoms with E-state index in [1.807, 2.05) is 5.32 Å². The number of urea groups is 1. The zero-order valence-corrected chi connectivity index (χ0v) is 16.9. The first kappa shape index (κ1) is 21.8. The largest absolute Gasteiger partial charge is 0.449 e. The average molecular weight is 411 g/mol.